The number of carbonyl (C=O) groups is 1. The minimum Gasteiger partial charge on any atom is -0.481 e. The average molecular weight is 188 g/mol. The fourth-order valence-corrected chi connectivity index (χ4v) is 0.962. The van der Waals surface area contributed by atoms with Crippen LogP contribution in [-0.4, -0.2) is 24.3 Å². The summed E-state index contributed by atoms with van der Waals surface area (Å²) in [5, 5.41) is 8.54. The third-order valence-electron chi connectivity index (χ3n) is 1.93. The zero-order valence-electron chi connectivity index (χ0n) is 8.58. The smallest absolute Gasteiger partial charge is 0.308 e. The van der Waals surface area contributed by atoms with E-state index in [2.05, 4.69) is 6.92 Å². The molecule has 0 saturated heterocycles. The summed E-state index contributed by atoms with van der Waals surface area (Å²) in [4.78, 5) is 10.4. The van der Waals surface area contributed by atoms with Gasteiger partial charge in [-0.25, -0.2) is 0 Å². The number of carboxylic acids is 1. The topological polar surface area (TPSA) is 46.5 Å². The summed E-state index contributed by atoms with van der Waals surface area (Å²) in [7, 11) is 0. The SMILES string of the molecule is CCCCCCOCC(C)C(=O)O. The zero-order valence-corrected chi connectivity index (χ0v) is 8.58. The van der Waals surface area contributed by atoms with Crippen LogP contribution in [0, 0.1) is 5.92 Å². The first-order valence-electron chi connectivity index (χ1n) is 4.99. The maximum atomic E-state index is 10.4. The quantitative estimate of drug-likeness (QED) is 0.594. The van der Waals surface area contributed by atoms with Gasteiger partial charge in [0.1, 0.15) is 0 Å². The first-order chi connectivity index (χ1) is 6.18. The molecule has 0 spiro atoms. The van der Waals surface area contributed by atoms with Gasteiger partial charge in [0.05, 0.1) is 12.5 Å². The van der Waals surface area contributed by atoms with Crippen LogP contribution in [0.25, 0.3) is 0 Å². The van der Waals surface area contributed by atoms with Crippen molar-refractivity contribution in [3.63, 3.8) is 0 Å². The number of carboxylic acid groups (broad SMARTS) is 1. The van der Waals surface area contributed by atoms with Crippen molar-refractivity contribution in [3.05, 3.63) is 0 Å². The maximum Gasteiger partial charge on any atom is 0.308 e. The second kappa shape index (κ2) is 8.05. The van der Waals surface area contributed by atoms with E-state index in [-0.39, 0.29) is 5.92 Å². The minimum atomic E-state index is -0.784. The molecule has 13 heavy (non-hydrogen) atoms. The van der Waals surface area contributed by atoms with Gasteiger partial charge in [-0.3, -0.25) is 4.79 Å². The van der Waals surface area contributed by atoms with Crippen molar-refractivity contribution in [2.75, 3.05) is 13.2 Å². The summed E-state index contributed by atoms with van der Waals surface area (Å²) >= 11 is 0. The van der Waals surface area contributed by atoms with Crippen LogP contribution in [0.3, 0.4) is 0 Å². The predicted molar refractivity (Wildman–Crippen MR) is 51.8 cm³/mol. The van der Waals surface area contributed by atoms with Crippen LogP contribution in [-0.2, 0) is 9.53 Å². The van der Waals surface area contributed by atoms with E-state index in [1.54, 1.807) is 6.92 Å². The Hall–Kier alpha value is -0.570. The molecule has 0 aromatic heterocycles. The highest BCUT2D eigenvalue weighted by Crippen LogP contribution is 2.01. The number of hydrogen-bond donors (Lipinski definition) is 1. The number of unbranched alkanes of at least 4 members (excludes halogenated alkanes) is 3. The second-order valence-corrected chi connectivity index (χ2v) is 3.37. The highest BCUT2D eigenvalue weighted by Gasteiger charge is 2.09. The van der Waals surface area contributed by atoms with Crippen LogP contribution in [0.1, 0.15) is 39.5 Å². The van der Waals surface area contributed by atoms with Crippen molar-refractivity contribution < 1.29 is 14.6 Å². The molecule has 1 atom stereocenters. The summed E-state index contributed by atoms with van der Waals surface area (Å²) in [5.41, 5.74) is 0. The third-order valence-corrected chi connectivity index (χ3v) is 1.93. The number of rotatable bonds is 8. The van der Waals surface area contributed by atoms with Crippen LogP contribution < -0.4 is 0 Å². The summed E-state index contributed by atoms with van der Waals surface area (Å²) in [6.07, 6.45) is 4.67. The Morgan fingerprint density at radius 2 is 2.08 bits per heavy atom. The third kappa shape index (κ3) is 7.78. The van der Waals surface area contributed by atoms with E-state index in [9.17, 15) is 4.79 Å². The van der Waals surface area contributed by atoms with Gasteiger partial charge in [-0.15, -0.1) is 0 Å². The second-order valence-electron chi connectivity index (χ2n) is 3.37. The average Bonchev–Trinajstić information content (AvgIpc) is 2.10. The van der Waals surface area contributed by atoms with Gasteiger partial charge >= 0.3 is 5.97 Å². The van der Waals surface area contributed by atoms with Crippen LogP contribution in [0.2, 0.25) is 0 Å². The molecule has 0 amide bonds. The fourth-order valence-electron chi connectivity index (χ4n) is 0.962. The van der Waals surface area contributed by atoms with Crippen molar-refractivity contribution in [2.45, 2.75) is 39.5 Å². The summed E-state index contributed by atoms with van der Waals surface area (Å²) in [6.45, 7) is 4.85. The number of aliphatic carboxylic acids is 1. The molecule has 0 aliphatic rings. The van der Waals surface area contributed by atoms with Gasteiger partial charge in [0, 0.05) is 6.61 Å². The molecule has 0 rings (SSSR count). The Labute approximate surface area is 80.1 Å². The van der Waals surface area contributed by atoms with Crippen molar-refractivity contribution in [2.24, 2.45) is 5.92 Å². The molecule has 78 valence electrons. The van der Waals surface area contributed by atoms with Gasteiger partial charge in [-0.2, -0.15) is 0 Å². The molecule has 3 nitrogen and oxygen atoms in total. The van der Waals surface area contributed by atoms with Crippen molar-refractivity contribution in [1.82, 2.24) is 0 Å². The monoisotopic (exact) mass is 188 g/mol. The van der Waals surface area contributed by atoms with E-state index in [0.29, 0.717) is 13.2 Å². The van der Waals surface area contributed by atoms with Gasteiger partial charge in [0.25, 0.3) is 0 Å². The maximum absolute atomic E-state index is 10.4. The molecular formula is C10H20O3. The zero-order chi connectivity index (χ0) is 10.1. The number of ether oxygens (including phenoxy) is 1. The molecule has 1 unspecified atom stereocenters. The molecule has 0 radical (unpaired) electrons. The molecule has 0 fully saturated rings. The molecule has 0 aliphatic heterocycles. The van der Waals surface area contributed by atoms with Crippen LogP contribution in [0.5, 0.6) is 0 Å². The normalized spacial score (nSPS) is 12.8. The highest BCUT2D eigenvalue weighted by atomic mass is 16.5. The lowest BCUT2D eigenvalue weighted by atomic mass is 10.2. The first kappa shape index (κ1) is 12.4. The lowest BCUT2D eigenvalue weighted by Gasteiger charge is -2.06. The molecule has 0 saturated carbocycles. The van der Waals surface area contributed by atoms with Crippen molar-refractivity contribution in [3.8, 4) is 0 Å². The number of hydrogen-bond acceptors (Lipinski definition) is 2. The van der Waals surface area contributed by atoms with Gasteiger partial charge in [0.2, 0.25) is 0 Å². The molecular weight excluding hydrogens is 168 g/mol. The van der Waals surface area contributed by atoms with Crippen molar-refractivity contribution in [1.29, 1.82) is 0 Å². The Morgan fingerprint density at radius 1 is 1.38 bits per heavy atom. The predicted octanol–water partition coefficient (Wildman–Crippen LogP) is 2.30. The summed E-state index contributed by atoms with van der Waals surface area (Å²) < 4.78 is 5.22. The van der Waals surface area contributed by atoms with E-state index >= 15 is 0 Å². The Balaban J connectivity index is 3.11. The molecule has 0 aliphatic carbocycles. The van der Waals surface area contributed by atoms with E-state index in [0.717, 1.165) is 6.42 Å². The molecule has 0 heterocycles. The molecule has 3 heteroatoms. The Kier molecular flexibility index (Phi) is 7.69. The molecule has 0 aromatic rings. The fraction of sp³-hybridized carbons (Fsp3) is 0.900. The standard InChI is InChI=1S/C10H20O3/c1-3-4-5-6-7-13-8-9(2)10(11)12/h9H,3-8H2,1-2H3,(H,11,12). The molecule has 0 aromatic carbocycles. The Morgan fingerprint density at radius 3 is 2.62 bits per heavy atom. The molecule has 0 bridgehead atoms. The summed E-state index contributed by atoms with van der Waals surface area (Å²) in [5.74, 6) is -1.17. The van der Waals surface area contributed by atoms with Gasteiger partial charge < -0.3 is 9.84 Å². The van der Waals surface area contributed by atoms with Gasteiger partial charge in [0.15, 0.2) is 0 Å². The molecule has 1 N–H and O–H groups in total. The van der Waals surface area contributed by atoms with Crippen LogP contribution in [0.15, 0.2) is 0 Å². The minimum absolute atomic E-state index is 0.335. The van der Waals surface area contributed by atoms with E-state index in [4.69, 9.17) is 9.84 Å². The van der Waals surface area contributed by atoms with E-state index in [1.165, 1.54) is 19.3 Å². The van der Waals surface area contributed by atoms with Gasteiger partial charge in [-0.1, -0.05) is 26.2 Å². The van der Waals surface area contributed by atoms with Gasteiger partial charge in [-0.05, 0) is 13.3 Å². The first-order valence-corrected chi connectivity index (χ1v) is 4.99. The van der Waals surface area contributed by atoms with Crippen LogP contribution in [0.4, 0.5) is 0 Å². The van der Waals surface area contributed by atoms with E-state index < -0.39 is 5.97 Å². The lowest BCUT2D eigenvalue weighted by molar-refractivity contribution is -0.143. The van der Waals surface area contributed by atoms with Crippen LogP contribution >= 0.6 is 0 Å². The van der Waals surface area contributed by atoms with E-state index in [1.807, 2.05) is 0 Å². The highest BCUT2D eigenvalue weighted by molar-refractivity contribution is 5.69. The lowest BCUT2D eigenvalue weighted by Crippen LogP contribution is -2.16. The largest absolute Gasteiger partial charge is 0.481 e. The Bertz CT molecular complexity index is 134. The summed E-state index contributed by atoms with van der Waals surface area (Å²) in [6, 6.07) is 0. The van der Waals surface area contributed by atoms with Crippen molar-refractivity contribution >= 4 is 5.97 Å².